The smallest absolute Gasteiger partial charge is 0.304 e. The zero-order valence-corrected chi connectivity index (χ0v) is 3.22. The van der Waals surface area contributed by atoms with Gasteiger partial charge in [0.05, 0.1) is 6.42 Å². The highest BCUT2D eigenvalue weighted by Crippen LogP contribution is 1.69. The molecule has 3 heteroatoms. The van der Waals surface area contributed by atoms with Crippen LogP contribution in [0, 0.1) is 0 Å². The van der Waals surface area contributed by atoms with E-state index >= 15 is 0 Å². The van der Waals surface area contributed by atoms with Gasteiger partial charge in [0, 0.05) is 6.54 Å². The Balaban J connectivity index is 2.83. The van der Waals surface area contributed by atoms with E-state index in [0.29, 0.717) is 0 Å². The van der Waals surface area contributed by atoms with Gasteiger partial charge in [-0.1, -0.05) is 0 Å². The molecule has 34 valence electrons. The molecule has 0 saturated carbocycles. The molecule has 0 aromatic heterocycles. The van der Waals surface area contributed by atoms with E-state index in [2.05, 4.69) is 0 Å². The van der Waals surface area contributed by atoms with Crippen LogP contribution in [0.15, 0.2) is 0 Å². The van der Waals surface area contributed by atoms with E-state index in [1.165, 1.54) is 0 Å². The lowest BCUT2D eigenvalue weighted by atomic mass is 10.5. The van der Waals surface area contributed by atoms with Crippen LogP contribution in [0.25, 0.3) is 0 Å². The number of carboxylic acids is 1. The number of rotatable bonds is 2. The van der Waals surface area contributed by atoms with Gasteiger partial charge in [0.1, 0.15) is 0 Å². The highest BCUT2D eigenvalue weighted by molar-refractivity contribution is 5.66. The van der Waals surface area contributed by atoms with Gasteiger partial charge in [-0.05, 0) is 0 Å². The number of hydrogen-bond acceptors (Lipinski definition) is 1. The molecule has 0 amide bonds. The minimum Gasteiger partial charge on any atom is -0.481 e. The molecule has 0 atom stereocenters. The molecular formula is C3H5NO2. The van der Waals surface area contributed by atoms with Crippen molar-refractivity contribution in [2.75, 3.05) is 6.54 Å². The average Bonchev–Trinajstić information content (AvgIpc) is 1.35. The standard InChI is InChI=1S/C3H5NO2/c4-2-1-3(5)6/h1-2H2,(H,5,6). The molecule has 0 bridgehead atoms. The molecule has 0 spiro atoms. The molecule has 0 unspecified atom stereocenters. The summed E-state index contributed by atoms with van der Waals surface area (Å²) in [5, 5.41) is 7.75. The minimum atomic E-state index is -0.961. The van der Waals surface area contributed by atoms with Crippen LogP contribution in [0.5, 0.6) is 0 Å². The lowest BCUT2D eigenvalue weighted by Gasteiger charge is -1.78. The van der Waals surface area contributed by atoms with Gasteiger partial charge in [-0.2, -0.15) is 0 Å². The first-order chi connectivity index (χ1) is 2.77. The fourth-order valence-electron chi connectivity index (χ4n) is 0.0956. The summed E-state index contributed by atoms with van der Waals surface area (Å²) >= 11 is 0. The molecule has 2 radical (unpaired) electrons. The fourth-order valence-corrected chi connectivity index (χ4v) is 0.0956. The summed E-state index contributed by atoms with van der Waals surface area (Å²) in [6.45, 7) is -0.269. The van der Waals surface area contributed by atoms with Crippen molar-refractivity contribution in [2.45, 2.75) is 6.42 Å². The Kier molecular flexibility index (Phi) is 2.40. The van der Waals surface area contributed by atoms with E-state index in [1.54, 1.807) is 0 Å². The van der Waals surface area contributed by atoms with Gasteiger partial charge < -0.3 is 5.11 Å². The molecule has 0 aromatic rings. The van der Waals surface area contributed by atoms with E-state index in [-0.39, 0.29) is 13.0 Å². The van der Waals surface area contributed by atoms with Crippen LogP contribution in [-0.2, 0) is 4.79 Å². The Bertz CT molecular complexity index is 52.8. The molecule has 0 aromatic carbocycles. The second-order valence-electron chi connectivity index (χ2n) is 0.867. The molecule has 0 aliphatic carbocycles. The van der Waals surface area contributed by atoms with E-state index < -0.39 is 5.97 Å². The third-order valence-electron chi connectivity index (χ3n) is 0.326. The monoisotopic (exact) mass is 87.0 g/mol. The number of carbonyl (C=O) groups is 1. The van der Waals surface area contributed by atoms with Crippen molar-refractivity contribution in [1.82, 2.24) is 5.73 Å². The van der Waals surface area contributed by atoms with E-state index in [1.807, 2.05) is 0 Å². The SMILES string of the molecule is [N]CCC(=O)O. The lowest BCUT2D eigenvalue weighted by Crippen LogP contribution is -1.97. The van der Waals surface area contributed by atoms with E-state index in [9.17, 15) is 4.79 Å². The normalized spacial score (nSPS) is 8.17. The van der Waals surface area contributed by atoms with Crippen molar-refractivity contribution >= 4 is 5.97 Å². The van der Waals surface area contributed by atoms with Gasteiger partial charge in [-0.3, -0.25) is 4.79 Å². The summed E-state index contributed by atoms with van der Waals surface area (Å²) in [4.78, 5) is 9.44. The summed E-state index contributed by atoms with van der Waals surface area (Å²) in [7, 11) is 0. The van der Waals surface area contributed by atoms with Crippen LogP contribution in [-0.4, -0.2) is 17.6 Å². The molecule has 0 fully saturated rings. The summed E-state index contributed by atoms with van der Waals surface area (Å²) < 4.78 is 0. The molecule has 0 saturated heterocycles. The van der Waals surface area contributed by atoms with Crippen molar-refractivity contribution in [3.05, 3.63) is 0 Å². The van der Waals surface area contributed by atoms with E-state index in [0.717, 1.165) is 0 Å². The molecule has 0 rings (SSSR count). The molecule has 6 heavy (non-hydrogen) atoms. The largest absolute Gasteiger partial charge is 0.481 e. The van der Waals surface area contributed by atoms with Crippen LogP contribution in [0.2, 0.25) is 0 Å². The first kappa shape index (κ1) is 5.43. The molecule has 3 nitrogen and oxygen atoms in total. The Morgan fingerprint density at radius 2 is 2.33 bits per heavy atom. The Morgan fingerprint density at radius 1 is 1.83 bits per heavy atom. The highest BCUT2D eigenvalue weighted by atomic mass is 16.4. The van der Waals surface area contributed by atoms with Crippen molar-refractivity contribution in [2.24, 2.45) is 0 Å². The quantitative estimate of drug-likeness (QED) is 0.495. The summed E-state index contributed by atoms with van der Waals surface area (Å²) in [5.41, 5.74) is 7.86. The lowest BCUT2D eigenvalue weighted by molar-refractivity contribution is -0.136. The van der Waals surface area contributed by atoms with Crippen LogP contribution >= 0.6 is 0 Å². The fraction of sp³-hybridized carbons (Fsp3) is 0.667. The van der Waals surface area contributed by atoms with Crippen LogP contribution in [0.3, 0.4) is 0 Å². The van der Waals surface area contributed by atoms with Crippen LogP contribution in [0.1, 0.15) is 6.42 Å². The maximum Gasteiger partial charge on any atom is 0.304 e. The summed E-state index contributed by atoms with van der Waals surface area (Å²) in [5.74, 6) is -0.961. The second-order valence-corrected chi connectivity index (χ2v) is 0.867. The Morgan fingerprint density at radius 3 is 2.33 bits per heavy atom. The van der Waals surface area contributed by atoms with Crippen LogP contribution in [0.4, 0.5) is 0 Å². The zero-order chi connectivity index (χ0) is 4.99. The van der Waals surface area contributed by atoms with Crippen molar-refractivity contribution < 1.29 is 9.90 Å². The maximum atomic E-state index is 9.44. The van der Waals surface area contributed by atoms with Crippen molar-refractivity contribution in [1.29, 1.82) is 0 Å². The number of aliphatic carboxylic acids is 1. The Labute approximate surface area is 35.8 Å². The van der Waals surface area contributed by atoms with Gasteiger partial charge in [0.15, 0.2) is 0 Å². The van der Waals surface area contributed by atoms with Gasteiger partial charge in [0.25, 0.3) is 0 Å². The first-order valence-electron chi connectivity index (χ1n) is 1.60. The number of nitrogens with zero attached hydrogens (tertiary/aromatic N) is 1. The molecule has 0 heterocycles. The first-order valence-corrected chi connectivity index (χ1v) is 1.60. The third-order valence-corrected chi connectivity index (χ3v) is 0.326. The molecule has 1 N–H and O–H groups in total. The second kappa shape index (κ2) is 2.66. The summed E-state index contributed by atoms with van der Waals surface area (Å²) in [6.07, 6.45) is -0.153. The molecule has 0 aliphatic heterocycles. The van der Waals surface area contributed by atoms with Gasteiger partial charge in [-0.25, -0.2) is 0 Å². The van der Waals surface area contributed by atoms with Gasteiger partial charge in [-0.15, -0.1) is 5.73 Å². The average molecular weight is 87.1 g/mol. The maximum absolute atomic E-state index is 9.44. The Hall–Kier alpha value is -0.570. The van der Waals surface area contributed by atoms with Crippen molar-refractivity contribution in [3.8, 4) is 0 Å². The molecular weight excluding hydrogens is 82.0 g/mol. The predicted molar refractivity (Wildman–Crippen MR) is 19.3 cm³/mol. The van der Waals surface area contributed by atoms with Gasteiger partial charge in [0.2, 0.25) is 0 Å². The zero-order valence-electron chi connectivity index (χ0n) is 3.22. The topological polar surface area (TPSA) is 59.6 Å². The minimum absolute atomic E-state index is 0.153. The van der Waals surface area contributed by atoms with Gasteiger partial charge >= 0.3 is 5.97 Å². The number of carboxylic acid groups (broad SMARTS) is 1. The van der Waals surface area contributed by atoms with E-state index in [4.69, 9.17) is 10.8 Å². The predicted octanol–water partition coefficient (Wildman–Crippen LogP) is -0.470. The summed E-state index contributed by atoms with van der Waals surface area (Å²) in [6, 6.07) is 0. The number of hydrogen-bond donors (Lipinski definition) is 1. The highest BCUT2D eigenvalue weighted by Gasteiger charge is 1.89. The molecule has 0 aliphatic rings. The van der Waals surface area contributed by atoms with Crippen LogP contribution < -0.4 is 5.73 Å². The van der Waals surface area contributed by atoms with Crippen molar-refractivity contribution in [3.63, 3.8) is 0 Å². The third kappa shape index (κ3) is 3.43.